The molecule has 0 aromatic heterocycles. The van der Waals surface area contributed by atoms with Gasteiger partial charge in [-0.1, -0.05) is 0 Å². The van der Waals surface area contributed by atoms with Crippen molar-refractivity contribution in [1.29, 1.82) is 0 Å². The number of nitrogens with one attached hydrogen (secondary N) is 1. The topological polar surface area (TPSA) is 41.5 Å². The van der Waals surface area contributed by atoms with Gasteiger partial charge in [0.05, 0.1) is 6.10 Å². The van der Waals surface area contributed by atoms with Gasteiger partial charge in [0.2, 0.25) is 0 Å². The van der Waals surface area contributed by atoms with E-state index in [0.29, 0.717) is 18.2 Å². The quantitative estimate of drug-likeness (QED) is 0.637. The molecule has 0 amide bonds. The minimum absolute atomic E-state index is 0.272. The van der Waals surface area contributed by atoms with E-state index >= 15 is 0 Å². The van der Waals surface area contributed by atoms with Crippen LogP contribution in [0.2, 0.25) is 0 Å². The van der Waals surface area contributed by atoms with Crippen LogP contribution < -0.4 is 5.32 Å². The highest BCUT2D eigenvalue weighted by atomic mass is 16.5. The molecule has 0 aromatic carbocycles. The predicted octanol–water partition coefficient (Wildman–Crippen LogP) is 0.524. The second-order valence-electron chi connectivity index (χ2n) is 3.61. The molecule has 3 heteroatoms. The van der Waals surface area contributed by atoms with E-state index in [9.17, 15) is 0 Å². The minimum Gasteiger partial charge on any atom is -0.396 e. The maximum absolute atomic E-state index is 8.67. The third kappa shape index (κ3) is 2.73. The van der Waals surface area contributed by atoms with E-state index in [0.717, 1.165) is 19.3 Å². The second-order valence-corrected chi connectivity index (χ2v) is 3.61. The predicted molar refractivity (Wildman–Crippen MR) is 48.1 cm³/mol. The summed E-state index contributed by atoms with van der Waals surface area (Å²) in [5.41, 5.74) is 0. The number of aliphatic hydroxyl groups excluding tert-OH is 1. The molecule has 1 rings (SSSR count). The smallest absolute Gasteiger partial charge is 0.0601 e. The fourth-order valence-electron chi connectivity index (χ4n) is 1.57. The van der Waals surface area contributed by atoms with Gasteiger partial charge in [0.25, 0.3) is 0 Å². The molecule has 0 radical (unpaired) electrons. The maximum atomic E-state index is 8.67. The summed E-state index contributed by atoms with van der Waals surface area (Å²) in [4.78, 5) is 0. The lowest BCUT2D eigenvalue weighted by atomic mass is 9.88. The molecule has 0 spiro atoms. The Morgan fingerprint density at radius 1 is 1.58 bits per heavy atom. The summed E-state index contributed by atoms with van der Waals surface area (Å²) in [6.07, 6.45) is 3.54. The number of hydrogen-bond acceptors (Lipinski definition) is 3. The van der Waals surface area contributed by atoms with E-state index in [1.807, 2.05) is 0 Å². The van der Waals surface area contributed by atoms with Crippen LogP contribution in [0.4, 0.5) is 0 Å². The van der Waals surface area contributed by atoms with Crippen LogP contribution in [-0.4, -0.2) is 37.0 Å². The first-order valence-corrected chi connectivity index (χ1v) is 4.66. The van der Waals surface area contributed by atoms with E-state index in [-0.39, 0.29) is 6.61 Å². The average Bonchev–Trinajstić information content (AvgIpc) is 1.96. The molecule has 1 aliphatic rings. The first-order chi connectivity index (χ1) is 5.76. The molecule has 0 heterocycles. The van der Waals surface area contributed by atoms with E-state index in [1.165, 1.54) is 0 Å². The van der Waals surface area contributed by atoms with E-state index < -0.39 is 0 Å². The molecular weight excluding hydrogens is 154 g/mol. The van der Waals surface area contributed by atoms with Crippen LogP contribution in [-0.2, 0) is 4.74 Å². The van der Waals surface area contributed by atoms with Crippen molar-refractivity contribution in [2.24, 2.45) is 0 Å². The van der Waals surface area contributed by atoms with Crippen molar-refractivity contribution in [3.05, 3.63) is 0 Å². The molecule has 0 aliphatic heterocycles. The summed E-state index contributed by atoms with van der Waals surface area (Å²) in [7, 11) is 1.76. The van der Waals surface area contributed by atoms with Gasteiger partial charge in [0.1, 0.15) is 0 Å². The zero-order chi connectivity index (χ0) is 8.97. The van der Waals surface area contributed by atoms with Crippen LogP contribution in [0, 0.1) is 0 Å². The van der Waals surface area contributed by atoms with Crippen molar-refractivity contribution in [3.63, 3.8) is 0 Å². The van der Waals surface area contributed by atoms with Gasteiger partial charge in [-0.3, -0.25) is 0 Å². The van der Waals surface area contributed by atoms with Crippen LogP contribution in [0.3, 0.4) is 0 Å². The first-order valence-electron chi connectivity index (χ1n) is 4.66. The lowest BCUT2D eigenvalue weighted by Crippen LogP contribution is -2.48. The lowest BCUT2D eigenvalue weighted by Gasteiger charge is -2.36. The Hall–Kier alpha value is -0.120. The van der Waals surface area contributed by atoms with Gasteiger partial charge >= 0.3 is 0 Å². The van der Waals surface area contributed by atoms with Gasteiger partial charge in [-0.2, -0.15) is 0 Å². The fraction of sp³-hybridized carbons (Fsp3) is 1.00. The van der Waals surface area contributed by atoms with E-state index in [4.69, 9.17) is 9.84 Å². The first kappa shape index (κ1) is 9.96. The van der Waals surface area contributed by atoms with Gasteiger partial charge in [-0.15, -0.1) is 0 Å². The monoisotopic (exact) mass is 173 g/mol. The Balaban J connectivity index is 2.02. The summed E-state index contributed by atoms with van der Waals surface area (Å²) in [5, 5.41) is 12.1. The summed E-state index contributed by atoms with van der Waals surface area (Å²) >= 11 is 0. The molecule has 1 unspecified atom stereocenters. The van der Waals surface area contributed by atoms with Gasteiger partial charge in [-0.05, 0) is 26.2 Å². The molecule has 72 valence electrons. The number of methoxy groups -OCH3 is 1. The summed E-state index contributed by atoms with van der Waals surface area (Å²) in [5.74, 6) is 0. The standard InChI is InChI=1S/C9H19NO2/c1-7(3-4-11)10-8-5-9(6-8)12-2/h7-11H,3-6H2,1-2H3. The molecular formula is C9H19NO2. The highest BCUT2D eigenvalue weighted by Gasteiger charge is 2.29. The van der Waals surface area contributed by atoms with Crippen molar-refractivity contribution in [2.45, 2.75) is 44.4 Å². The molecule has 3 nitrogen and oxygen atoms in total. The Labute approximate surface area is 74.1 Å². The Morgan fingerprint density at radius 3 is 2.75 bits per heavy atom. The van der Waals surface area contributed by atoms with Crippen LogP contribution in [0.15, 0.2) is 0 Å². The molecule has 0 aromatic rings. The zero-order valence-corrected chi connectivity index (χ0v) is 7.92. The van der Waals surface area contributed by atoms with Gasteiger partial charge in [-0.25, -0.2) is 0 Å². The summed E-state index contributed by atoms with van der Waals surface area (Å²) in [6, 6.07) is 1.04. The molecule has 1 atom stereocenters. The van der Waals surface area contributed by atoms with E-state index in [1.54, 1.807) is 7.11 Å². The van der Waals surface area contributed by atoms with Crippen molar-refractivity contribution >= 4 is 0 Å². The lowest BCUT2D eigenvalue weighted by molar-refractivity contribution is 0.0140. The van der Waals surface area contributed by atoms with Crippen LogP contribution >= 0.6 is 0 Å². The van der Waals surface area contributed by atoms with Crippen LogP contribution in [0.25, 0.3) is 0 Å². The fourth-order valence-corrected chi connectivity index (χ4v) is 1.57. The number of aliphatic hydroxyl groups is 1. The van der Waals surface area contributed by atoms with Crippen molar-refractivity contribution in [2.75, 3.05) is 13.7 Å². The van der Waals surface area contributed by atoms with Crippen molar-refractivity contribution in [1.82, 2.24) is 5.32 Å². The third-order valence-corrected chi connectivity index (χ3v) is 2.51. The highest BCUT2D eigenvalue weighted by Crippen LogP contribution is 2.22. The Morgan fingerprint density at radius 2 is 2.25 bits per heavy atom. The Bertz CT molecular complexity index is 124. The summed E-state index contributed by atoms with van der Waals surface area (Å²) in [6.45, 7) is 2.38. The van der Waals surface area contributed by atoms with Crippen molar-refractivity contribution in [3.8, 4) is 0 Å². The molecule has 12 heavy (non-hydrogen) atoms. The minimum atomic E-state index is 0.272. The number of rotatable bonds is 5. The molecule has 0 bridgehead atoms. The maximum Gasteiger partial charge on any atom is 0.0601 e. The Kier molecular flexibility index (Phi) is 3.98. The largest absolute Gasteiger partial charge is 0.396 e. The van der Waals surface area contributed by atoms with E-state index in [2.05, 4.69) is 12.2 Å². The van der Waals surface area contributed by atoms with Gasteiger partial charge in [0.15, 0.2) is 0 Å². The zero-order valence-electron chi connectivity index (χ0n) is 7.92. The summed E-state index contributed by atoms with van der Waals surface area (Å²) < 4.78 is 5.17. The number of ether oxygens (including phenoxy) is 1. The molecule has 2 N–H and O–H groups in total. The van der Waals surface area contributed by atoms with Crippen LogP contribution in [0.5, 0.6) is 0 Å². The van der Waals surface area contributed by atoms with Crippen molar-refractivity contribution < 1.29 is 9.84 Å². The average molecular weight is 173 g/mol. The normalized spacial score (nSPS) is 31.2. The van der Waals surface area contributed by atoms with Crippen LogP contribution in [0.1, 0.15) is 26.2 Å². The SMILES string of the molecule is COC1CC(NC(C)CCO)C1. The molecule has 1 aliphatic carbocycles. The third-order valence-electron chi connectivity index (χ3n) is 2.51. The molecule has 1 fully saturated rings. The number of hydrogen-bond donors (Lipinski definition) is 2. The second kappa shape index (κ2) is 4.80. The molecule has 1 saturated carbocycles. The van der Waals surface area contributed by atoms with Gasteiger partial charge < -0.3 is 15.2 Å². The van der Waals surface area contributed by atoms with Gasteiger partial charge in [0, 0.05) is 25.8 Å². The highest BCUT2D eigenvalue weighted by molar-refractivity contribution is 4.87. The molecule has 0 saturated heterocycles.